The Morgan fingerprint density at radius 1 is 0.800 bits per heavy atom. The van der Waals surface area contributed by atoms with Crippen molar-refractivity contribution < 1.29 is 40.5 Å². The number of alkyl halides is 6. The molecular formula is C20H17F6O3P. The van der Waals surface area contributed by atoms with Crippen molar-refractivity contribution in [1.29, 1.82) is 0 Å². The predicted molar refractivity (Wildman–Crippen MR) is 99.5 cm³/mol. The molecule has 0 spiro atoms. The largest absolute Gasteiger partial charge is 0.417 e. The molecule has 0 aliphatic heterocycles. The van der Waals surface area contributed by atoms with Gasteiger partial charge in [0.25, 0.3) is 0 Å². The summed E-state index contributed by atoms with van der Waals surface area (Å²) in [5, 5.41) is 0. The van der Waals surface area contributed by atoms with Gasteiger partial charge < -0.3 is 4.57 Å². The van der Waals surface area contributed by atoms with Gasteiger partial charge in [0, 0.05) is 23.7 Å². The van der Waals surface area contributed by atoms with Crippen molar-refractivity contribution in [3.63, 3.8) is 0 Å². The van der Waals surface area contributed by atoms with Crippen LogP contribution in [-0.4, -0.2) is 17.5 Å². The number of hydrogen-bond acceptors (Lipinski definition) is 3. The number of benzene rings is 2. The highest BCUT2D eigenvalue weighted by Crippen LogP contribution is 2.40. The fourth-order valence-corrected chi connectivity index (χ4v) is 4.46. The lowest BCUT2D eigenvalue weighted by molar-refractivity contribution is -0.143. The van der Waals surface area contributed by atoms with E-state index in [1.807, 2.05) is 0 Å². The molecule has 0 N–H and O–H groups in total. The number of halogens is 6. The van der Waals surface area contributed by atoms with Crippen molar-refractivity contribution in [3.05, 3.63) is 69.8 Å². The van der Waals surface area contributed by atoms with Crippen LogP contribution in [0.15, 0.2) is 36.4 Å². The van der Waals surface area contributed by atoms with E-state index in [9.17, 15) is 40.5 Å². The zero-order valence-corrected chi connectivity index (χ0v) is 16.9. The summed E-state index contributed by atoms with van der Waals surface area (Å²) >= 11 is 0. The summed E-state index contributed by atoms with van der Waals surface area (Å²) in [6.45, 7) is 3.21. The second-order valence-corrected chi connectivity index (χ2v) is 8.47. The fraction of sp³-hybridized carbons (Fsp3) is 0.300. The van der Waals surface area contributed by atoms with Gasteiger partial charge in [0.2, 0.25) is 5.52 Å². The second kappa shape index (κ2) is 8.76. The topological polar surface area (TPSA) is 51.2 Å². The van der Waals surface area contributed by atoms with Gasteiger partial charge in [0.15, 0.2) is 5.78 Å². The minimum atomic E-state index is -5.19. The van der Waals surface area contributed by atoms with Gasteiger partial charge in [-0.15, -0.1) is 0 Å². The molecule has 0 fully saturated rings. The van der Waals surface area contributed by atoms with E-state index in [2.05, 4.69) is 0 Å². The van der Waals surface area contributed by atoms with Crippen molar-refractivity contribution in [2.75, 3.05) is 6.16 Å². The molecule has 0 saturated carbocycles. The molecule has 30 heavy (non-hydrogen) atoms. The number of carbonyl (C=O) groups is 2. The van der Waals surface area contributed by atoms with Crippen molar-refractivity contribution >= 4 is 19.1 Å². The van der Waals surface area contributed by atoms with Crippen LogP contribution in [0.25, 0.3) is 0 Å². The van der Waals surface area contributed by atoms with E-state index in [4.69, 9.17) is 0 Å². The maximum Gasteiger partial charge on any atom is 0.417 e. The van der Waals surface area contributed by atoms with Crippen molar-refractivity contribution in [2.24, 2.45) is 0 Å². The molecule has 0 saturated heterocycles. The van der Waals surface area contributed by atoms with Gasteiger partial charge in [-0.25, -0.2) is 0 Å². The van der Waals surface area contributed by atoms with E-state index in [0.29, 0.717) is 29.3 Å². The quantitative estimate of drug-likeness (QED) is 0.294. The number of rotatable bonds is 6. The Bertz CT molecular complexity index is 956. The molecule has 10 heteroatoms. The highest BCUT2D eigenvalue weighted by atomic mass is 31.1. The molecule has 0 aromatic heterocycles. The van der Waals surface area contributed by atoms with Gasteiger partial charge in [-0.05, 0) is 37.1 Å². The Morgan fingerprint density at radius 2 is 1.23 bits per heavy atom. The third-order valence-electron chi connectivity index (χ3n) is 4.49. The van der Waals surface area contributed by atoms with E-state index < -0.39 is 60.7 Å². The summed E-state index contributed by atoms with van der Waals surface area (Å²) in [5.41, 5.74) is -4.47. The number of aryl methyl sites for hydroxylation is 2. The van der Waals surface area contributed by atoms with Gasteiger partial charge in [-0.2, -0.15) is 26.3 Å². The average molecular weight is 450 g/mol. The molecule has 2 aromatic carbocycles. The zero-order chi connectivity index (χ0) is 22.9. The molecule has 0 aliphatic rings. The highest BCUT2D eigenvalue weighted by Gasteiger charge is 2.42. The molecule has 162 valence electrons. The van der Waals surface area contributed by atoms with E-state index >= 15 is 0 Å². The van der Waals surface area contributed by atoms with Crippen LogP contribution in [0.5, 0.6) is 0 Å². The standard InChI is InChI=1S/C20H17F6O3P/c1-11-5-3-6-12(2)16(11)18(28)30(29)10-9-15(27)17-13(19(21,22)23)7-4-8-14(17)20(24,25)26/h3-8,30H,9-10H2,1-2H3. The van der Waals surface area contributed by atoms with Crippen LogP contribution in [0, 0.1) is 13.8 Å². The molecule has 2 aromatic rings. The van der Waals surface area contributed by atoms with Gasteiger partial charge in [0.05, 0.1) is 11.1 Å². The lowest BCUT2D eigenvalue weighted by Gasteiger charge is -2.17. The van der Waals surface area contributed by atoms with Crippen LogP contribution in [0.4, 0.5) is 26.3 Å². The Balaban J connectivity index is 2.33. The van der Waals surface area contributed by atoms with E-state index in [1.54, 1.807) is 32.0 Å². The first-order valence-corrected chi connectivity index (χ1v) is 10.3. The van der Waals surface area contributed by atoms with Gasteiger partial charge >= 0.3 is 12.4 Å². The van der Waals surface area contributed by atoms with Crippen molar-refractivity contribution in [1.82, 2.24) is 0 Å². The number of Topliss-reactive ketones (excluding diaryl/α,β-unsaturated/α-hetero) is 1. The molecule has 0 heterocycles. The summed E-state index contributed by atoms with van der Waals surface area (Å²) in [4.78, 5) is 24.8. The lowest BCUT2D eigenvalue weighted by Crippen LogP contribution is -2.20. The third-order valence-corrected chi connectivity index (χ3v) is 5.96. The predicted octanol–water partition coefficient (Wildman–Crippen LogP) is 6.31. The summed E-state index contributed by atoms with van der Waals surface area (Å²) in [5.74, 6) is -1.47. The molecule has 0 bridgehead atoms. The summed E-state index contributed by atoms with van der Waals surface area (Å²) < 4.78 is 91.5. The van der Waals surface area contributed by atoms with Crippen LogP contribution in [0.3, 0.4) is 0 Å². The molecule has 0 amide bonds. The Morgan fingerprint density at radius 3 is 1.67 bits per heavy atom. The first-order valence-electron chi connectivity index (χ1n) is 8.69. The van der Waals surface area contributed by atoms with Crippen LogP contribution in [0.1, 0.15) is 49.4 Å². The molecule has 3 nitrogen and oxygen atoms in total. The Kier molecular flexibility index (Phi) is 6.97. The van der Waals surface area contributed by atoms with Crippen molar-refractivity contribution in [3.8, 4) is 0 Å². The maximum absolute atomic E-state index is 13.2. The fourth-order valence-electron chi connectivity index (χ4n) is 3.10. The Hall–Kier alpha value is -2.41. The van der Waals surface area contributed by atoms with Crippen LogP contribution in [-0.2, 0) is 16.9 Å². The molecule has 2 rings (SSSR count). The number of carbonyl (C=O) groups excluding carboxylic acids is 2. The number of hydrogen-bond donors (Lipinski definition) is 0. The summed E-state index contributed by atoms with van der Waals surface area (Å²) in [6, 6.07) is 6.22. The van der Waals surface area contributed by atoms with Crippen molar-refractivity contribution in [2.45, 2.75) is 32.6 Å². The van der Waals surface area contributed by atoms with Crippen LogP contribution >= 0.6 is 7.80 Å². The zero-order valence-electron chi connectivity index (χ0n) is 15.9. The van der Waals surface area contributed by atoms with Gasteiger partial charge in [-0.1, -0.05) is 24.3 Å². The van der Waals surface area contributed by atoms with Gasteiger partial charge in [-0.3, -0.25) is 9.59 Å². The first-order chi connectivity index (χ1) is 13.7. The lowest BCUT2D eigenvalue weighted by atomic mass is 9.95. The Labute approximate surface area is 168 Å². The molecule has 1 atom stereocenters. The molecule has 0 aliphatic carbocycles. The minimum absolute atomic E-state index is 0.181. The summed E-state index contributed by atoms with van der Waals surface area (Å²) in [7, 11) is -3.13. The third kappa shape index (κ3) is 5.19. The monoisotopic (exact) mass is 450 g/mol. The normalized spacial score (nSPS) is 13.2. The highest BCUT2D eigenvalue weighted by molar-refractivity contribution is 7.64. The smallest absolute Gasteiger partial charge is 0.318 e. The van der Waals surface area contributed by atoms with E-state index in [1.165, 1.54) is 0 Å². The summed E-state index contributed by atoms with van der Waals surface area (Å²) in [6.07, 6.45) is -11.9. The first kappa shape index (κ1) is 23.9. The van der Waals surface area contributed by atoms with E-state index in [0.717, 1.165) is 0 Å². The van der Waals surface area contributed by atoms with E-state index in [-0.39, 0.29) is 5.56 Å². The van der Waals surface area contributed by atoms with Crippen LogP contribution < -0.4 is 0 Å². The average Bonchev–Trinajstić information content (AvgIpc) is 2.63. The molecule has 0 radical (unpaired) electrons. The van der Waals surface area contributed by atoms with Crippen LogP contribution in [0.2, 0.25) is 0 Å². The maximum atomic E-state index is 13.2. The number of ketones is 1. The molecular weight excluding hydrogens is 433 g/mol. The second-order valence-electron chi connectivity index (χ2n) is 6.67. The SMILES string of the molecule is Cc1cccc(C)c1C(=O)[PH](=O)CCC(=O)c1c(C(F)(F)F)cccc1C(F)(F)F. The minimum Gasteiger partial charge on any atom is -0.318 e. The molecule has 1 unspecified atom stereocenters. The van der Waals surface area contributed by atoms with Gasteiger partial charge in [0.1, 0.15) is 7.80 Å².